The molecule has 2 aromatic rings. The molecular formula is C19H19F2N5O3. The molecule has 0 bridgehead atoms. The maximum absolute atomic E-state index is 13.5. The number of hydrogen-bond acceptors (Lipinski definition) is 5. The summed E-state index contributed by atoms with van der Waals surface area (Å²) in [5, 5.41) is 2.53. The fraction of sp³-hybridized carbons (Fsp3) is 0.421. The first-order valence-electron chi connectivity index (χ1n) is 9.20. The van der Waals surface area contributed by atoms with Gasteiger partial charge in [0, 0.05) is 37.8 Å². The van der Waals surface area contributed by atoms with Crippen LogP contribution in [0, 0.1) is 0 Å². The minimum atomic E-state index is -2.84. The van der Waals surface area contributed by atoms with Crippen molar-refractivity contribution in [2.75, 3.05) is 6.54 Å². The molecule has 2 fully saturated rings. The van der Waals surface area contributed by atoms with E-state index < -0.39 is 48.6 Å². The number of alkyl halides is 2. The van der Waals surface area contributed by atoms with Crippen LogP contribution >= 0.6 is 0 Å². The molecule has 1 spiro atoms. The number of nitrogens with zero attached hydrogens (tertiary/aromatic N) is 4. The molecule has 1 saturated heterocycles. The van der Waals surface area contributed by atoms with Gasteiger partial charge in [0.25, 0.3) is 5.91 Å². The van der Waals surface area contributed by atoms with Crippen LogP contribution in [0.4, 0.5) is 13.6 Å². The number of carbonyl (C=O) groups is 3. The number of nitrogens with one attached hydrogen (secondary N) is 1. The Morgan fingerprint density at radius 3 is 2.59 bits per heavy atom. The Morgan fingerprint density at radius 1 is 1.21 bits per heavy atom. The summed E-state index contributed by atoms with van der Waals surface area (Å²) in [6.45, 7) is -0.500. The molecule has 1 N–H and O–H groups in total. The molecule has 1 aliphatic heterocycles. The van der Waals surface area contributed by atoms with Crippen LogP contribution in [0.1, 0.15) is 36.3 Å². The number of imide groups is 1. The lowest BCUT2D eigenvalue weighted by Gasteiger charge is -2.34. The zero-order chi connectivity index (χ0) is 20.8. The zero-order valence-electron chi connectivity index (χ0n) is 15.7. The first kappa shape index (κ1) is 19.2. The maximum Gasteiger partial charge on any atom is 0.325 e. The number of hydrogen-bond donors (Lipinski definition) is 1. The third kappa shape index (κ3) is 3.28. The van der Waals surface area contributed by atoms with E-state index >= 15 is 0 Å². The summed E-state index contributed by atoms with van der Waals surface area (Å²) in [5.41, 5.74) is 0.0740. The Hall–Kier alpha value is -3.17. The molecule has 3 heterocycles. The summed E-state index contributed by atoms with van der Waals surface area (Å²) >= 11 is 0. The van der Waals surface area contributed by atoms with Gasteiger partial charge in [0.15, 0.2) is 5.82 Å². The Labute approximate surface area is 164 Å². The zero-order valence-corrected chi connectivity index (χ0v) is 15.7. The van der Waals surface area contributed by atoms with Gasteiger partial charge in [-0.2, -0.15) is 0 Å². The van der Waals surface area contributed by atoms with Gasteiger partial charge in [-0.25, -0.2) is 18.6 Å². The Kier molecular flexibility index (Phi) is 4.44. The number of halogens is 2. The number of amides is 3. The molecule has 152 valence electrons. The van der Waals surface area contributed by atoms with E-state index in [0.717, 1.165) is 10.5 Å². The van der Waals surface area contributed by atoms with Gasteiger partial charge in [-0.1, -0.05) is 0 Å². The molecule has 29 heavy (non-hydrogen) atoms. The van der Waals surface area contributed by atoms with Gasteiger partial charge in [0.2, 0.25) is 11.7 Å². The van der Waals surface area contributed by atoms with Crippen molar-refractivity contribution >= 4 is 17.7 Å². The summed E-state index contributed by atoms with van der Waals surface area (Å²) in [4.78, 5) is 46.8. The highest BCUT2D eigenvalue weighted by Crippen LogP contribution is 2.41. The van der Waals surface area contributed by atoms with Crippen LogP contribution in [-0.4, -0.2) is 55.2 Å². The topological polar surface area (TPSA) is 97.2 Å². The van der Waals surface area contributed by atoms with Crippen LogP contribution < -0.4 is 5.32 Å². The van der Waals surface area contributed by atoms with Crippen molar-refractivity contribution in [3.8, 4) is 11.3 Å². The van der Waals surface area contributed by atoms with E-state index in [-0.39, 0.29) is 18.7 Å². The molecule has 10 heteroatoms. The van der Waals surface area contributed by atoms with Crippen molar-refractivity contribution in [1.82, 2.24) is 24.8 Å². The lowest BCUT2D eigenvalue weighted by atomic mass is 9.80. The van der Waals surface area contributed by atoms with E-state index in [2.05, 4.69) is 15.3 Å². The van der Waals surface area contributed by atoms with Crippen molar-refractivity contribution in [2.24, 2.45) is 7.05 Å². The Bertz CT molecular complexity index is 979. The van der Waals surface area contributed by atoms with Gasteiger partial charge in [0.05, 0.1) is 18.4 Å². The third-order valence-corrected chi connectivity index (χ3v) is 5.58. The SMILES string of the molecule is Cn1c(-c2cccnc2)cnc1C(=O)CN1C(=O)NC2(CCC(F)(F)CC2)C1=O. The second-order valence-corrected chi connectivity index (χ2v) is 7.45. The lowest BCUT2D eigenvalue weighted by molar-refractivity contribution is -0.135. The molecule has 2 aliphatic rings. The number of urea groups is 1. The molecule has 8 nitrogen and oxygen atoms in total. The predicted octanol–water partition coefficient (Wildman–Crippen LogP) is 2.16. The van der Waals surface area contributed by atoms with Crippen molar-refractivity contribution in [2.45, 2.75) is 37.1 Å². The summed E-state index contributed by atoms with van der Waals surface area (Å²) in [5.74, 6) is -3.91. The van der Waals surface area contributed by atoms with Crippen molar-refractivity contribution < 1.29 is 23.2 Å². The molecule has 1 saturated carbocycles. The van der Waals surface area contributed by atoms with E-state index in [0.29, 0.717) is 5.69 Å². The minimum Gasteiger partial charge on any atom is -0.325 e. The molecule has 2 aromatic heterocycles. The summed E-state index contributed by atoms with van der Waals surface area (Å²) in [6.07, 6.45) is 3.52. The van der Waals surface area contributed by atoms with Gasteiger partial charge in [-0.05, 0) is 25.0 Å². The molecule has 0 unspecified atom stereocenters. The molecule has 0 atom stereocenters. The Balaban J connectivity index is 1.51. The maximum atomic E-state index is 13.5. The van der Waals surface area contributed by atoms with Crippen LogP contribution in [0.5, 0.6) is 0 Å². The quantitative estimate of drug-likeness (QED) is 0.623. The molecule has 1 aliphatic carbocycles. The van der Waals surface area contributed by atoms with Crippen molar-refractivity contribution in [3.63, 3.8) is 0 Å². The largest absolute Gasteiger partial charge is 0.325 e. The highest BCUT2D eigenvalue weighted by Gasteiger charge is 2.55. The van der Waals surface area contributed by atoms with Crippen molar-refractivity contribution in [3.05, 3.63) is 36.5 Å². The smallest absolute Gasteiger partial charge is 0.325 e. The van der Waals surface area contributed by atoms with E-state index in [9.17, 15) is 23.2 Å². The molecule has 0 aromatic carbocycles. The number of carbonyl (C=O) groups excluding carboxylic acids is 3. The van der Waals surface area contributed by atoms with Gasteiger partial charge in [-0.3, -0.25) is 19.5 Å². The fourth-order valence-electron chi connectivity index (χ4n) is 3.87. The molecular weight excluding hydrogens is 384 g/mol. The molecule has 3 amide bonds. The monoisotopic (exact) mass is 403 g/mol. The van der Waals surface area contributed by atoms with E-state index in [1.165, 1.54) is 6.20 Å². The summed E-state index contributed by atoms with van der Waals surface area (Å²) < 4.78 is 28.5. The Morgan fingerprint density at radius 2 is 1.93 bits per heavy atom. The first-order valence-corrected chi connectivity index (χ1v) is 9.20. The molecule has 4 rings (SSSR count). The minimum absolute atomic E-state index is 0.0839. The standard InChI is InChI=1S/C19H19F2N5O3/c1-25-13(12-3-2-8-22-9-12)10-23-15(25)14(27)11-26-16(28)18(24-17(26)29)4-6-19(20,21)7-5-18/h2-3,8-10H,4-7,11H2,1H3,(H,24,29). The average Bonchev–Trinajstić information content (AvgIpc) is 3.18. The van der Waals surface area contributed by atoms with Crippen LogP contribution in [-0.2, 0) is 11.8 Å². The van der Waals surface area contributed by atoms with Crippen LogP contribution in [0.15, 0.2) is 30.7 Å². The predicted molar refractivity (Wildman–Crippen MR) is 97.2 cm³/mol. The van der Waals surface area contributed by atoms with Gasteiger partial charge in [0.1, 0.15) is 5.54 Å². The number of imidazole rings is 1. The molecule has 0 radical (unpaired) electrons. The first-order chi connectivity index (χ1) is 13.7. The third-order valence-electron chi connectivity index (χ3n) is 5.58. The highest BCUT2D eigenvalue weighted by atomic mass is 19.3. The lowest BCUT2D eigenvalue weighted by Crippen LogP contribution is -2.51. The number of rotatable bonds is 4. The van der Waals surface area contributed by atoms with Crippen molar-refractivity contribution in [1.29, 1.82) is 0 Å². The number of pyridine rings is 1. The average molecular weight is 403 g/mol. The fourth-order valence-corrected chi connectivity index (χ4v) is 3.87. The van der Waals surface area contributed by atoms with Crippen LogP contribution in [0.25, 0.3) is 11.3 Å². The number of aromatic nitrogens is 3. The second-order valence-electron chi connectivity index (χ2n) is 7.45. The van der Waals surface area contributed by atoms with Gasteiger partial charge in [-0.15, -0.1) is 0 Å². The number of Topliss-reactive ketones (excluding diaryl/α,β-unsaturated/α-hetero) is 1. The number of ketones is 1. The highest BCUT2D eigenvalue weighted by molar-refractivity contribution is 6.10. The van der Waals surface area contributed by atoms with Gasteiger partial charge < -0.3 is 9.88 Å². The van der Waals surface area contributed by atoms with Crippen LogP contribution in [0.2, 0.25) is 0 Å². The van der Waals surface area contributed by atoms with E-state index in [1.54, 1.807) is 30.1 Å². The van der Waals surface area contributed by atoms with E-state index in [4.69, 9.17) is 0 Å². The normalized spacial score (nSPS) is 20.2. The summed E-state index contributed by atoms with van der Waals surface area (Å²) in [7, 11) is 1.65. The van der Waals surface area contributed by atoms with Gasteiger partial charge >= 0.3 is 6.03 Å². The second kappa shape index (κ2) is 6.71. The van der Waals surface area contributed by atoms with E-state index in [1.807, 2.05) is 6.07 Å². The summed E-state index contributed by atoms with van der Waals surface area (Å²) in [6, 6.07) is 2.83. The van der Waals surface area contributed by atoms with Crippen LogP contribution in [0.3, 0.4) is 0 Å².